The summed E-state index contributed by atoms with van der Waals surface area (Å²) >= 11 is 12.0. The second kappa shape index (κ2) is 4.97. The Hall–Kier alpha value is -1.19. The lowest BCUT2D eigenvalue weighted by Crippen LogP contribution is -2.31. The van der Waals surface area contributed by atoms with E-state index in [-0.39, 0.29) is 16.5 Å². The molecule has 0 fully saturated rings. The lowest BCUT2D eigenvalue weighted by Gasteiger charge is -2.35. The van der Waals surface area contributed by atoms with E-state index in [0.29, 0.717) is 11.6 Å². The molecular formula is C15H13Cl2FN2. The Morgan fingerprint density at radius 2 is 2.05 bits per heavy atom. The van der Waals surface area contributed by atoms with Crippen molar-refractivity contribution in [2.45, 2.75) is 31.6 Å². The smallest absolute Gasteiger partial charge is 0.223 e. The van der Waals surface area contributed by atoms with Crippen LogP contribution in [0.5, 0.6) is 0 Å². The van der Waals surface area contributed by atoms with Gasteiger partial charge in [-0.2, -0.15) is 0 Å². The molecule has 3 rings (SSSR count). The summed E-state index contributed by atoms with van der Waals surface area (Å²) in [6.07, 6.45) is 2.35. The zero-order valence-corrected chi connectivity index (χ0v) is 12.5. The number of benzene rings is 1. The first-order valence-corrected chi connectivity index (χ1v) is 7.20. The summed E-state index contributed by atoms with van der Waals surface area (Å²) in [5.74, 6) is -0.215. The minimum Gasteiger partial charge on any atom is -0.223 e. The highest BCUT2D eigenvalue weighted by atomic mass is 35.5. The molecule has 1 aromatic carbocycles. The van der Waals surface area contributed by atoms with Crippen LogP contribution in [0.3, 0.4) is 0 Å². The van der Waals surface area contributed by atoms with Crippen molar-refractivity contribution in [3.63, 3.8) is 0 Å². The van der Waals surface area contributed by atoms with Gasteiger partial charge in [-0.15, -0.1) is 0 Å². The summed E-state index contributed by atoms with van der Waals surface area (Å²) < 4.78 is 13.5. The maximum absolute atomic E-state index is 13.5. The van der Waals surface area contributed by atoms with Gasteiger partial charge in [0.25, 0.3) is 0 Å². The van der Waals surface area contributed by atoms with E-state index in [1.807, 2.05) is 6.07 Å². The van der Waals surface area contributed by atoms with Gasteiger partial charge in [-0.25, -0.2) is 14.4 Å². The molecule has 0 amide bonds. The molecule has 1 aliphatic carbocycles. The molecule has 20 heavy (non-hydrogen) atoms. The third kappa shape index (κ3) is 2.40. The first-order valence-electron chi connectivity index (χ1n) is 6.45. The topological polar surface area (TPSA) is 25.8 Å². The van der Waals surface area contributed by atoms with Crippen LogP contribution in [0.25, 0.3) is 0 Å². The van der Waals surface area contributed by atoms with Crippen LogP contribution in [0.4, 0.5) is 4.39 Å². The Morgan fingerprint density at radius 1 is 1.25 bits per heavy atom. The van der Waals surface area contributed by atoms with Crippen LogP contribution >= 0.6 is 23.2 Å². The molecule has 5 heteroatoms. The first-order chi connectivity index (χ1) is 9.48. The van der Waals surface area contributed by atoms with Crippen LogP contribution in [0.2, 0.25) is 10.4 Å². The number of rotatable bonds is 1. The maximum Gasteiger partial charge on any atom is 0.224 e. The van der Waals surface area contributed by atoms with Crippen LogP contribution in [0, 0.1) is 5.82 Å². The van der Waals surface area contributed by atoms with Crippen molar-refractivity contribution >= 4 is 23.2 Å². The van der Waals surface area contributed by atoms with E-state index >= 15 is 0 Å². The number of hydrogen-bond acceptors (Lipinski definition) is 2. The SMILES string of the molecule is CC1(c2cccc(F)c2)CCc2nc(Cl)nc(Cl)c2C1. The van der Waals surface area contributed by atoms with Gasteiger partial charge in [0.1, 0.15) is 11.0 Å². The average Bonchev–Trinajstić information content (AvgIpc) is 2.40. The molecule has 104 valence electrons. The number of aryl methyl sites for hydroxylation is 1. The lowest BCUT2D eigenvalue weighted by molar-refractivity contribution is 0.401. The predicted octanol–water partition coefficient (Wildman–Crippen LogP) is 4.37. The Labute approximate surface area is 127 Å². The molecule has 0 bridgehead atoms. The van der Waals surface area contributed by atoms with Crippen LogP contribution in [-0.4, -0.2) is 9.97 Å². The number of aromatic nitrogens is 2. The largest absolute Gasteiger partial charge is 0.224 e. The second-order valence-electron chi connectivity index (χ2n) is 5.46. The normalized spacial score (nSPS) is 21.6. The zero-order chi connectivity index (χ0) is 14.3. The van der Waals surface area contributed by atoms with E-state index in [4.69, 9.17) is 23.2 Å². The van der Waals surface area contributed by atoms with Gasteiger partial charge in [-0.3, -0.25) is 0 Å². The fourth-order valence-electron chi connectivity index (χ4n) is 2.84. The number of fused-ring (bicyclic) bond motifs is 1. The van der Waals surface area contributed by atoms with Crippen molar-refractivity contribution < 1.29 is 4.39 Å². The van der Waals surface area contributed by atoms with E-state index in [1.54, 1.807) is 12.1 Å². The van der Waals surface area contributed by atoms with Gasteiger partial charge < -0.3 is 0 Å². The van der Waals surface area contributed by atoms with Crippen LogP contribution in [-0.2, 0) is 18.3 Å². The Bertz CT molecular complexity index is 675. The summed E-state index contributed by atoms with van der Waals surface area (Å²) in [6, 6.07) is 6.75. The molecular weight excluding hydrogens is 298 g/mol. The molecule has 1 atom stereocenters. The van der Waals surface area contributed by atoms with E-state index in [0.717, 1.165) is 29.7 Å². The van der Waals surface area contributed by atoms with Gasteiger partial charge in [0.05, 0.1) is 5.69 Å². The Balaban J connectivity index is 2.03. The van der Waals surface area contributed by atoms with Gasteiger partial charge in [-0.05, 0) is 54.0 Å². The highest BCUT2D eigenvalue weighted by Gasteiger charge is 2.34. The van der Waals surface area contributed by atoms with Gasteiger partial charge in [0, 0.05) is 5.56 Å². The van der Waals surface area contributed by atoms with E-state index < -0.39 is 0 Å². The predicted molar refractivity (Wildman–Crippen MR) is 77.8 cm³/mol. The van der Waals surface area contributed by atoms with E-state index in [2.05, 4.69) is 16.9 Å². The fraction of sp³-hybridized carbons (Fsp3) is 0.333. The fourth-order valence-corrected chi connectivity index (χ4v) is 3.32. The van der Waals surface area contributed by atoms with Crippen LogP contribution in [0.1, 0.15) is 30.2 Å². The molecule has 1 aliphatic rings. The van der Waals surface area contributed by atoms with E-state index in [9.17, 15) is 4.39 Å². The van der Waals surface area contributed by atoms with Crippen LogP contribution < -0.4 is 0 Å². The highest BCUT2D eigenvalue weighted by Crippen LogP contribution is 2.40. The van der Waals surface area contributed by atoms with Crippen molar-refractivity contribution in [3.8, 4) is 0 Å². The molecule has 1 aromatic heterocycles. The number of nitrogens with zero attached hydrogens (tertiary/aromatic N) is 2. The highest BCUT2D eigenvalue weighted by molar-refractivity contribution is 6.32. The lowest BCUT2D eigenvalue weighted by atomic mass is 9.70. The quantitative estimate of drug-likeness (QED) is 0.577. The molecule has 2 nitrogen and oxygen atoms in total. The number of hydrogen-bond donors (Lipinski definition) is 0. The molecule has 2 aromatic rings. The third-order valence-corrected chi connectivity index (χ3v) is 4.50. The molecule has 0 aliphatic heterocycles. The van der Waals surface area contributed by atoms with Crippen LogP contribution in [0.15, 0.2) is 24.3 Å². The molecule has 1 unspecified atom stereocenters. The summed E-state index contributed by atoms with van der Waals surface area (Å²) in [5, 5.41) is 0.588. The molecule has 0 saturated heterocycles. The van der Waals surface area contributed by atoms with E-state index in [1.165, 1.54) is 6.07 Å². The molecule has 0 spiro atoms. The van der Waals surface area contributed by atoms with Gasteiger partial charge >= 0.3 is 0 Å². The second-order valence-corrected chi connectivity index (χ2v) is 6.15. The van der Waals surface area contributed by atoms with Gasteiger partial charge in [-0.1, -0.05) is 30.7 Å². The maximum atomic E-state index is 13.5. The molecule has 1 heterocycles. The summed E-state index contributed by atoms with van der Waals surface area (Å²) in [6.45, 7) is 2.12. The van der Waals surface area contributed by atoms with Crippen molar-refractivity contribution in [1.82, 2.24) is 9.97 Å². The standard InChI is InChI=1S/C15H13Cl2FN2/c1-15(9-3-2-4-10(18)7-9)6-5-12-11(8-15)13(16)20-14(17)19-12/h2-4,7H,5-6,8H2,1H3. The Morgan fingerprint density at radius 3 is 2.80 bits per heavy atom. The zero-order valence-electron chi connectivity index (χ0n) is 11.0. The Kier molecular flexibility index (Phi) is 3.43. The van der Waals surface area contributed by atoms with Gasteiger partial charge in [0.2, 0.25) is 5.28 Å². The minimum atomic E-state index is -0.215. The summed E-state index contributed by atoms with van der Waals surface area (Å²) in [7, 11) is 0. The summed E-state index contributed by atoms with van der Waals surface area (Å²) in [4.78, 5) is 8.26. The first kappa shape index (κ1) is 13.8. The monoisotopic (exact) mass is 310 g/mol. The van der Waals surface area contributed by atoms with Crippen molar-refractivity contribution in [2.24, 2.45) is 0 Å². The third-order valence-electron chi connectivity index (χ3n) is 4.02. The number of halogens is 3. The molecule has 0 N–H and O–H groups in total. The minimum absolute atomic E-state index is 0.157. The summed E-state index contributed by atoms with van der Waals surface area (Å²) in [5.41, 5.74) is 2.66. The van der Waals surface area contributed by atoms with Crippen molar-refractivity contribution in [3.05, 3.63) is 57.3 Å². The van der Waals surface area contributed by atoms with Crippen molar-refractivity contribution in [2.75, 3.05) is 0 Å². The molecule has 0 saturated carbocycles. The average molecular weight is 311 g/mol. The van der Waals surface area contributed by atoms with Crippen molar-refractivity contribution in [1.29, 1.82) is 0 Å². The molecule has 0 radical (unpaired) electrons. The van der Waals surface area contributed by atoms with Gasteiger partial charge in [0.15, 0.2) is 0 Å².